The molecule has 0 aliphatic heterocycles. The van der Waals surface area contributed by atoms with E-state index in [1.165, 1.54) is 0 Å². The van der Waals surface area contributed by atoms with Crippen LogP contribution in [0.1, 0.15) is 30.5 Å². The fourth-order valence-corrected chi connectivity index (χ4v) is 4.87. The van der Waals surface area contributed by atoms with Crippen molar-refractivity contribution < 1.29 is 9.53 Å². The van der Waals surface area contributed by atoms with Crippen LogP contribution >= 0.6 is 63.7 Å². The van der Waals surface area contributed by atoms with E-state index in [2.05, 4.69) is 103 Å². The predicted octanol–water partition coefficient (Wildman–Crippen LogP) is 7.46. The van der Waals surface area contributed by atoms with E-state index in [-0.39, 0.29) is 5.41 Å². The van der Waals surface area contributed by atoms with Crippen molar-refractivity contribution >= 4 is 69.7 Å². The lowest BCUT2D eigenvalue weighted by atomic mass is 9.78. The van der Waals surface area contributed by atoms with Crippen LogP contribution in [0.3, 0.4) is 0 Å². The number of hydrogen-bond acceptors (Lipinski definition) is 2. The summed E-state index contributed by atoms with van der Waals surface area (Å²) in [5.41, 5.74) is 3.14. The number of hydrogen-bond donors (Lipinski definition) is 0. The average molecular weight is 596 g/mol. The normalized spacial score (nSPS) is 11.3. The molecule has 132 valence electrons. The number of esters is 1. The zero-order valence-electron chi connectivity index (χ0n) is 13.9. The molecule has 0 atom stereocenters. The lowest BCUT2D eigenvalue weighted by Gasteiger charge is -2.28. The second kappa shape index (κ2) is 8.07. The summed E-state index contributed by atoms with van der Waals surface area (Å²) in [6.07, 6.45) is 1.14. The number of benzene rings is 2. The highest BCUT2D eigenvalue weighted by Gasteiger charge is 2.27. The van der Waals surface area contributed by atoms with Crippen LogP contribution in [0.25, 0.3) is 0 Å². The smallest absolute Gasteiger partial charge is 0.335 e. The molecule has 0 bridgehead atoms. The SMILES string of the molecule is C=CC(=O)Oc1c(Br)cc(C(C)(C)c2cc(Br)c(C)c(Br)c2)cc1Br. The van der Waals surface area contributed by atoms with Gasteiger partial charge in [0.05, 0.1) is 8.95 Å². The zero-order chi connectivity index (χ0) is 18.9. The first-order chi connectivity index (χ1) is 11.6. The first-order valence-electron chi connectivity index (χ1n) is 7.37. The van der Waals surface area contributed by atoms with Crippen molar-refractivity contribution in [2.24, 2.45) is 0 Å². The largest absolute Gasteiger partial charge is 0.421 e. The minimum Gasteiger partial charge on any atom is -0.421 e. The maximum absolute atomic E-state index is 11.5. The summed E-state index contributed by atoms with van der Waals surface area (Å²) in [6, 6.07) is 8.21. The molecule has 2 aromatic rings. The van der Waals surface area contributed by atoms with Gasteiger partial charge in [0, 0.05) is 20.4 Å². The summed E-state index contributed by atoms with van der Waals surface area (Å²) in [7, 11) is 0. The predicted molar refractivity (Wildman–Crippen MR) is 116 cm³/mol. The third-order valence-corrected chi connectivity index (χ3v) is 6.92. The Morgan fingerprint density at radius 1 is 0.960 bits per heavy atom. The molecule has 0 aliphatic rings. The van der Waals surface area contributed by atoms with Gasteiger partial charge < -0.3 is 4.74 Å². The minimum absolute atomic E-state index is 0.259. The van der Waals surface area contributed by atoms with Gasteiger partial charge in [0.25, 0.3) is 0 Å². The van der Waals surface area contributed by atoms with Gasteiger partial charge in [0.1, 0.15) is 0 Å². The Kier molecular flexibility index (Phi) is 6.74. The van der Waals surface area contributed by atoms with E-state index in [4.69, 9.17) is 4.74 Å². The van der Waals surface area contributed by atoms with Crippen LogP contribution in [-0.2, 0) is 10.2 Å². The molecule has 0 saturated heterocycles. The van der Waals surface area contributed by atoms with Crippen molar-refractivity contribution in [1.82, 2.24) is 0 Å². The van der Waals surface area contributed by atoms with E-state index in [1.54, 1.807) is 0 Å². The number of halogens is 4. The third kappa shape index (κ3) is 4.46. The van der Waals surface area contributed by atoms with E-state index < -0.39 is 5.97 Å². The lowest BCUT2D eigenvalue weighted by molar-refractivity contribution is -0.129. The fourth-order valence-electron chi connectivity index (χ4n) is 2.33. The Labute approximate surface area is 181 Å². The summed E-state index contributed by atoms with van der Waals surface area (Å²) in [4.78, 5) is 11.5. The fraction of sp³-hybridized carbons (Fsp3) is 0.211. The number of carbonyl (C=O) groups is 1. The Morgan fingerprint density at radius 3 is 1.76 bits per heavy atom. The van der Waals surface area contributed by atoms with E-state index in [0.717, 1.165) is 31.7 Å². The van der Waals surface area contributed by atoms with Gasteiger partial charge in [-0.15, -0.1) is 0 Å². The van der Waals surface area contributed by atoms with Gasteiger partial charge in [-0.2, -0.15) is 0 Å². The van der Waals surface area contributed by atoms with Crippen LogP contribution in [0.15, 0.2) is 54.8 Å². The standard InChI is InChI=1S/C19H16Br4O2/c1-5-17(24)25-18-15(22)8-12(9-16(18)23)19(3,4)11-6-13(20)10(2)14(21)7-11/h5-9H,1H2,2-4H3. The van der Waals surface area contributed by atoms with E-state index >= 15 is 0 Å². The Balaban J connectivity index is 2.53. The van der Waals surface area contributed by atoms with E-state index in [0.29, 0.717) is 14.7 Å². The molecule has 0 heterocycles. The van der Waals surface area contributed by atoms with Crippen molar-refractivity contribution in [3.05, 3.63) is 71.5 Å². The van der Waals surface area contributed by atoms with Crippen LogP contribution in [0, 0.1) is 6.92 Å². The van der Waals surface area contributed by atoms with Gasteiger partial charge in [-0.25, -0.2) is 4.79 Å². The van der Waals surface area contributed by atoms with Gasteiger partial charge in [-0.1, -0.05) is 52.3 Å². The van der Waals surface area contributed by atoms with Crippen molar-refractivity contribution in [2.75, 3.05) is 0 Å². The van der Waals surface area contributed by atoms with Gasteiger partial charge in [-0.05, 0) is 79.7 Å². The highest BCUT2D eigenvalue weighted by Crippen LogP contribution is 2.42. The molecule has 2 aromatic carbocycles. The number of carbonyl (C=O) groups excluding carboxylic acids is 1. The maximum atomic E-state index is 11.5. The number of rotatable bonds is 4. The monoisotopic (exact) mass is 592 g/mol. The molecule has 6 heteroatoms. The Bertz CT molecular complexity index is 810. The van der Waals surface area contributed by atoms with E-state index in [9.17, 15) is 4.79 Å². The molecule has 2 rings (SSSR count). The van der Waals surface area contributed by atoms with Gasteiger partial charge in [0.15, 0.2) is 5.75 Å². The molecular weight excluding hydrogens is 580 g/mol. The van der Waals surface area contributed by atoms with Crippen LogP contribution in [0.2, 0.25) is 0 Å². The quantitative estimate of drug-likeness (QED) is 0.208. The zero-order valence-corrected chi connectivity index (χ0v) is 20.3. The van der Waals surface area contributed by atoms with E-state index in [1.807, 2.05) is 12.1 Å². The summed E-state index contributed by atoms with van der Waals surface area (Å²) in [5, 5.41) is 0. The Morgan fingerprint density at radius 2 is 1.36 bits per heavy atom. The minimum atomic E-state index is -0.500. The van der Waals surface area contributed by atoms with Crippen LogP contribution in [-0.4, -0.2) is 5.97 Å². The molecule has 0 spiro atoms. The topological polar surface area (TPSA) is 26.3 Å². The molecule has 0 unspecified atom stereocenters. The second-order valence-corrected chi connectivity index (χ2v) is 9.50. The molecule has 0 radical (unpaired) electrons. The highest BCUT2D eigenvalue weighted by molar-refractivity contribution is 9.11. The molecule has 0 N–H and O–H groups in total. The molecular formula is C19H16Br4O2. The molecule has 25 heavy (non-hydrogen) atoms. The average Bonchev–Trinajstić information content (AvgIpc) is 2.54. The summed E-state index contributed by atoms with van der Waals surface area (Å²) in [5.74, 6) is -0.0597. The van der Waals surface area contributed by atoms with Crippen LogP contribution in [0.4, 0.5) is 0 Å². The molecule has 0 aliphatic carbocycles. The van der Waals surface area contributed by atoms with Crippen molar-refractivity contribution in [3.63, 3.8) is 0 Å². The van der Waals surface area contributed by atoms with Gasteiger partial charge >= 0.3 is 5.97 Å². The Hall–Kier alpha value is -0.430. The molecule has 2 nitrogen and oxygen atoms in total. The summed E-state index contributed by atoms with van der Waals surface area (Å²) >= 11 is 14.2. The second-order valence-electron chi connectivity index (χ2n) is 6.08. The van der Waals surface area contributed by atoms with Gasteiger partial charge in [-0.3, -0.25) is 0 Å². The summed E-state index contributed by atoms with van der Waals surface area (Å²) in [6.45, 7) is 9.78. The summed E-state index contributed by atoms with van der Waals surface area (Å²) < 4.78 is 8.80. The highest BCUT2D eigenvalue weighted by atomic mass is 79.9. The van der Waals surface area contributed by atoms with Crippen LogP contribution < -0.4 is 4.74 Å². The van der Waals surface area contributed by atoms with Crippen molar-refractivity contribution in [3.8, 4) is 5.75 Å². The molecule has 0 fully saturated rings. The first kappa shape index (κ1) is 20.9. The maximum Gasteiger partial charge on any atom is 0.335 e. The molecule has 0 aromatic heterocycles. The first-order valence-corrected chi connectivity index (χ1v) is 10.5. The van der Waals surface area contributed by atoms with Crippen molar-refractivity contribution in [1.29, 1.82) is 0 Å². The third-order valence-electron chi connectivity index (χ3n) is 4.09. The lowest BCUT2D eigenvalue weighted by Crippen LogP contribution is -2.19. The molecule has 0 saturated carbocycles. The molecule has 0 amide bonds. The van der Waals surface area contributed by atoms with Crippen LogP contribution in [0.5, 0.6) is 5.75 Å². The van der Waals surface area contributed by atoms with Crippen molar-refractivity contribution in [2.45, 2.75) is 26.2 Å². The number of ether oxygens (including phenoxy) is 1. The van der Waals surface area contributed by atoms with Gasteiger partial charge in [0.2, 0.25) is 0 Å².